The lowest BCUT2D eigenvalue weighted by Gasteiger charge is -1.96. The molecule has 0 aliphatic rings. The average molecular weight is 227 g/mol. The van der Waals surface area contributed by atoms with Gasteiger partial charge in [0, 0.05) is 6.08 Å². The van der Waals surface area contributed by atoms with Crippen LogP contribution in [0.5, 0.6) is 0 Å². The van der Waals surface area contributed by atoms with E-state index < -0.39 is 16.5 Å². The fourth-order valence-corrected chi connectivity index (χ4v) is 0.964. The predicted molar refractivity (Wildman–Crippen MR) is 54.7 cm³/mol. The van der Waals surface area contributed by atoms with E-state index in [1.165, 1.54) is 6.92 Å². The molecule has 0 saturated heterocycles. The Bertz CT molecular complexity index is 459. The van der Waals surface area contributed by atoms with Crippen molar-refractivity contribution in [1.29, 1.82) is 0 Å². The molecule has 0 radical (unpaired) electrons. The van der Waals surface area contributed by atoms with Crippen LogP contribution in [0.25, 0.3) is 0 Å². The number of amides is 1. The molecular formula is C7H9N5O4. The highest BCUT2D eigenvalue weighted by atomic mass is 16.6. The van der Waals surface area contributed by atoms with Crippen LogP contribution in [-0.4, -0.2) is 26.1 Å². The zero-order valence-electron chi connectivity index (χ0n) is 8.22. The van der Waals surface area contributed by atoms with Gasteiger partial charge in [-0.05, 0) is 6.92 Å². The van der Waals surface area contributed by atoms with Gasteiger partial charge in [0.05, 0.1) is 10.7 Å². The second-order valence-electron chi connectivity index (χ2n) is 2.87. The number of carbonyl (C=O) groups excluding carboxylic acids is 1. The summed E-state index contributed by atoms with van der Waals surface area (Å²) < 4.78 is 0. The molecule has 1 rings (SSSR count). The fraction of sp³-hybridized carbons (Fsp3) is 0.143. The smallest absolute Gasteiger partial charge is 0.354 e. The van der Waals surface area contributed by atoms with Crippen LogP contribution < -0.4 is 11.1 Å². The Labute approximate surface area is 89.1 Å². The van der Waals surface area contributed by atoms with Gasteiger partial charge in [0.25, 0.3) is 5.91 Å². The number of allylic oxidation sites excluding steroid dienone is 1. The number of H-pyrrole nitrogens is 1. The normalized spacial score (nSPS) is 11.2. The van der Waals surface area contributed by atoms with Crippen LogP contribution in [-0.2, 0) is 4.79 Å². The first kappa shape index (κ1) is 11.5. The summed E-state index contributed by atoms with van der Waals surface area (Å²) in [6.07, 6.45) is 0.856. The van der Waals surface area contributed by atoms with Crippen molar-refractivity contribution in [1.82, 2.24) is 10.2 Å². The zero-order valence-corrected chi connectivity index (χ0v) is 8.22. The van der Waals surface area contributed by atoms with Crippen molar-refractivity contribution in [2.75, 3.05) is 11.1 Å². The molecule has 0 atom stereocenters. The Morgan fingerprint density at radius 1 is 1.75 bits per heavy atom. The number of nitrogens with zero attached hydrogens (tertiary/aromatic N) is 2. The van der Waals surface area contributed by atoms with E-state index in [0.29, 0.717) is 0 Å². The number of nitro groups is 1. The van der Waals surface area contributed by atoms with Crippen LogP contribution in [0, 0.1) is 10.1 Å². The Hall–Kier alpha value is -2.58. The number of nitrogen functional groups attached to an aromatic ring is 1. The molecular weight excluding hydrogens is 218 g/mol. The van der Waals surface area contributed by atoms with Crippen LogP contribution in [0.3, 0.4) is 0 Å². The first-order valence-corrected chi connectivity index (χ1v) is 4.08. The van der Waals surface area contributed by atoms with Crippen LogP contribution in [0.2, 0.25) is 0 Å². The molecule has 0 aliphatic heterocycles. The summed E-state index contributed by atoms with van der Waals surface area (Å²) in [6, 6.07) is 0. The number of carbonyl (C=O) groups is 1. The largest absolute Gasteiger partial charge is 0.512 e. The zero-order chi connectivity index (χ0) is 12.3. The summed E-state index contributed by atoms with van der Waals surface area (Å²) >= 11 is 0. The van der Waals surface area contributed by atoms with Crippen molar-refractivity contribution in [3.8, 4) is 0 Å². The molecule has 1 amide bonds. The van der Waals surface area contributed by atoms with E-state index in [1.54, 1.807) is 0 Å². The highest BCUT2D eigenvalue weighted by molar-refractivity contribution is 6.00. The topological polar surface area (TPSA) is 147 Å². The van der Waals surface area contributed by atoms with Crippen molar-refractivity contribution < 1.29 is 14.8 Å². The third-order valence-electron chi connectivity index (χ3n) is 1.53. The third kappa shape index (κ3) is 2.47. The van der Waals surface area contributed by atoms with Gasteiger partial charge in [-0.15, -0.1) is 5.10 Å². The van der Waals surface area contributed by atoms with Gasteiger partial charge in [-0.25, -0.2) is 0 Å². The summed E-state index contributed by atoms with van der Waals surface area (Å²) in [7, 11) is 0. The lowest BCUT2D eigenvalue weighted by Crippen LogP contribution is -2.10. The molecule has 16 heavy (non-hydrogen) atoms. The molecule has 0 aromatic carbocycles. The molecule has 5 N–H and O–H groups in total. The number of aromatic nitrogens is 2. The molecule has 1 aromatic heterocycles. The van der Waals surface area contributed by atoms with Crippen LogP contribution in [0.1, 0.15) is 6.92 Å². The summed E-state index contributed by atoms with van der Waals surface area (Å²) in [5.74, 6) is -1.53. The number of aliphatic hydroxyl groups excluding tert-OH is 1. The molecule has 9 heteroatoms. The van der Waals surface area contributed by atoms with Crippen LogP contribution in [0.4, 0.5) is 17.3 Å². The standard InChI is InChI=1S/C7H9N5O4/c1-3(13)2-4(14)9-7-5(12(15)16)6(8)10-11-7/h2,13H,1H3,(H4,8,9,10,11,14)/b3-2-. The number of aromatic amines is 1. The second-order valence-corrected chi connectivity index (χ2v) is 2.87. The van der Waals surface area contributed by atoms with E-state index >= 15 is 0 Å². The van der Waals surface area contributed by atoms with Gasteiger partial charge in [0.1, 0.15) is 0 Å². The third-order valence-corrected chi connectivity index (χ3v) is 1.53. The minimum atomic E-state index is -0.774. The summed E-state index contributed by atoms with van der Waals surface area (Å²) in [5, 5.41) is 27.1. The van der Waals surface area contributed by atoms with E-state index in [2.05, 4.69) is 15.5 Å². The number of nitrogens with two attached hydrogens (primary N) is 1. The molecule has 9 nitrogen and oxygen atoms in total. The van der Waals surface area contributed by atoms with Gasteiger partial charge in [0.15, 0.2) is 0 Å². The first-order chi connectivity index (χ1) is 7.41. The van der Waals surface area contributed by atoms with Gasteiger partial charge in [0.2, 0.25) is 11.6 Å². The minimum Gasteiger partial charge on any atom is -0.512 e. The number of aliphatic hydroxyl groups is 1. The Morgan fingerprint density at radius 2 is 2.38 bits per heavy atom. The number of nitrogens with one attached hydrogen (secondary N) is 2. The van der Waals surface area contributed by atoms with Gasteiger partial charge >= 0.3 is 5.69 Å². The number of hydrogen-bond acceptors (Lipinski definition) is 6. The predicted octanol–water partition coefficient (Wildman–Crippen LogP) is 0.300. The van der Waals surface area contributed by atoms with Crippen LogP contribution >= 0.6 is 0 Å². The van der Waals surface area contributed by atoms with E-state index in [4.69, 9.17) is 10.8 Å². The van der Waals surface area contributed by atoms with Crippen molar-refractivity contribution in [2.24, 2.45) is 0 Å². The highest BCUT2D eigenvalue weighted by Crippen LogP contribution is 2.27. The second kappa shape index (κ2) is 4.29. The van der Waals surface area contributed by atoms with Crippen molar-refractivity contribution in [3.63, 3.8) is 0 Å². The quantitative estimate of drug-likeness (QED) is 0.252. The first-order valence-electron chi connectivity index (χ1n) is 4.08. The highest BCUT2D eigenvalue weighted by Gasteiger charge is 2.23. The van der Waals surface area contributed by atoms with Crippen LogP contribution in [0.15, 0.2) is 11.8 Å². The van der Waals surface area contributed by atoms with Gasteiger partial charge in [-0.1, -0.05) is 0 Å². The van der Waals surface area contributed by atoms with Crippen molar-refractivity contribution in [2.45, 2.75) is 6.92 Å². The fourth-order valence-electron chi connectivity index (χ4n) is 0.964. The Morgan fingerprint density at radius 3 is 2.88 bits per heavy atom. The summed E-state index contributed by atoms with van der Waals surface area (Å²) in [4.78, 5) is 20.9. The molecule has 0 aliphatic carbocycles. The minimum absolute atomic E-state index is 0.233. The summed E-state index contributed by atoms with van der Waals surface area (Å²) in [5.41, 5.74) is 4.73. The maximum absolute atomic E-state index is 11.1. The van der Waals surface area contributed by atoms with E-state index in [9.17, 15) is 14.9 Å². The monoisotopic (exact) mass is 227 g/mol. The molecule has 0 saturated carbocycles. The number of hydrogen-bond donors (Lipinski definition) is 4. The molecule has 0 unspecified atom stereocenters. The Kier molecular flexibility index (Phi) is 3.09. The van der Waals surface area contributed by atoms with Gasteiger partial charge < -0.3 is 10.8 Å². The molecule has 0 bridgehead atoms. The summed E-state index contributed by atoms with van der Waals surface area (Å²) in [6.45, 7) is 1.28. The van der Waals surface area contributed by atoms with Crippen molar-refractivity contribution in [3.05, 3.63) is 21.9 Å². The number of anilines is 2. The molecule has 86 valence electrons. The lowest BCUT2D eigenvalue weighted by atomic mass is 10.4. The van der Waals surface area contributed by atoms with Gasteiger partial charge in [-0.3, -0.25) is 25.3 Å². The molecule has 0 spiro atoms. The van der Waals surface area contributed by atoms with E-state index in [-0.39, 0.29) is 17.4 Å². The van der Waals surface area contributed by atoms with Gasteiger partial charge in [-0.2, -0.15) is 0 Å². The SMILES string of the molecule is C/C(O)=C/C(=O)Nc1n[nH]c(N)c1[N+](=O)[O-]. The van der Waals surface area contributed by atoms with E-state index in [1.807, 2.05) is 0 Å². The molecule has 0 fully saturated rings. The van der Waals surface area contributed by atoms with E-state index in [0.717, 1.165) is 6.08 Å². The number of rotatable bonds is 3. The lowest BCUT2D eigenvalue weighted by molar-refractivity contribution is -0.383. The maximum Gasteiger partial charge on any atom is 0.354 e. The molecule has 1 aromatic rings. The maximum atomic E-state index is 11.1. The van der Waals surface area contributed by atoms with Crippen molar-refractivity contribution >= 4 is 23.2 Å². The molecule has 1 heterocycles. The average Bonchev–Trinajstić information content (AvgIpc) is 2.45. The Balaban J connectivity index is 2.94.